The summed E-state index contributed by atoms with van der Waals surface area (Å²) >= 11 is 79.6. The number of hydrogen-bond acceptors (Lipinski definition) is 0. The van der Waals surface area contributed by atoms with Crippen molar-refractivity contribution in [2.24, 2.45) is 5.41 Å². The fourth-order valence-corrected chi connectivity index (χ4v) is 33.5. The van der Waals surface area contributed by atoms with Gasteiger partial charge in [-0.25, -0.2) is 0 Å². The van der Waals surface area contributed by atoms with E-state index in [1.54, 1.807) is 0 Å². The Morgan fingerprint density at radius 3 is 0.742 bits per heavy atom. The zero-order valence-corrected chi connectivity index (χ0v) is 46.3. The third kappa shape index (κ3) is 7.49. The van der Waals surface area contributed by atoms with E-state index in [-0.39, 0.29) is 3.74 Å². The predicted octanol–water partition coefficient (Wildman–Crippen LogP) is 16.0. The van der Waals surface area contributed by atoms with Crippen LogP contribution < -0.4 is 0 Å². The molecule has 0 saturated carbocycles. The lowest BCUT2D eigenvalue weighted by Gasteiger charge is -2.63. The topological polar surface area (TPSA) is 0 Å². The van der Waals surface area contributed by atoms with Gasteiger partial charge in [-0.05, 0) is 0 Å². The molecule has 0 aliphatic heterocycles. The van der Waals surface area contributed by atoms with Crippen molar-refractivity contribution in [3.63, 3.8) is 0 Å². The van der Waals surface area contributed by atoms with Crippen molar-refractivity contribution >= 4 is 335 Å². The van der Waals surface area contributed by atoms with Gasteiger partial charge in [0.1, 0.15) is 28.0 Å². The summed E-state index contributed by atoms with van der Waals surface area (Å²) in [5.74, 6) is 0. The van der Waals surface area contributed by atoms with Crippen LogP contribution in [0.15, 0.2) is 0 Å². The maximum Gasteiger partial charge on any atom is 0.148 e. The van der Waals surface area contributed by atoms with Crippen LogP contribution >= 0.6 is 335 Å². The number of rotatable bonds is 6. The molecule has 188 valence electrons. The van der Waals surface area contributed by atoms with Crippen molar-refractivity contribution in [1.82, 2.24) is 0 Å². The first-order valence-electron chi connectivity index (χ1n) is 6.32. The minimum atomic E-state index is -1.13. The molecule has 0 N–H and O–H groups in total. The van der Waals surface area contributed by atoms with Crippen molar-refractivity contribution in [3.05, 3.63) is 0 Å². The Morgan fingerprint density at radius 2 is 0.548 bits per heavy atom. The van der Waals surface area contributed by atoms with Crippen LogP contribution in [0.25, 0.3) is 0 Å². The molecule has 31 heavy (non-hydrogen) atoms. The van der Waals surface area contributed by atoms with Crippen LogP contribution in [-0.4, -0.2) is 26.3 Å². The van der Waals surface area contributed by atoms with Crippen LogP contribution in [0.2, 0.25) is 0 Å². The maximum absolute atomic E-state index is 3.96. The molecule has 0 rings (SSSR count). The van der Waals surface area contributed by atoms with E-state index < -0.39 is 28.0 Å². The Kier molecular flexibility index (Phi) is 18.0. The highest BCUT2D eigenvalue weighted by atomic mass is 80.0. The van der Waals surface area contributed by atoms with Gasteiger partial charge >= 0.3 is 0 Å². The van der Waals surface area contributed by atoms with Gasteiger partial charge in [-0.3, -0.25) is 0 Å². The lowest BCUT2D eigenvalue weighted by molar-refractivity contribution is 0.323. The molecule has 0 radical (unpaired) electrons. The van der Waals surface area contributed by atoms with E-state index in [2.05, 4.69) is 335 Å². The highest BCUT2D eigenvalue weighted by molar-refractivity contribution is 9.42. The van der Waals surface area contributed by atoms with Crippen LogP contribution in [0.3, 0.4) is 0 Å². The van der Waals surface area contributed by atoms with E-state index >= 15 is 0 Å². The van der Waals surface area contributed by atoms with Gasteiger partial charge in [-0.15, -0.1) is 0 Å². The first-order chi connectivity index (χ1) is 12.9. The quantitative estimate of drug-likeness (QED) is 0.233. The molecular weight excluding hydrogens is 1800 g/mol. The van der Waals surface area contributed by atoms with Crippen LogP contribution in [0.1, 0.15) is 0 Å². The van der Waals surface area contributed by atoms with E-state index in [0.29, 0.717) is 0 Å². The van der Waals surface area contributed by atoms with Crippen LogP contribution in [0.5, 0.6) is 0 Å². The largest absolute Gasteiger partial charge is 0.148 e. The molecule has 0 amide bonds. The Balaban J connectivity index is 7.50. The molecule has 0 saturated heterocycles. The smallest absolute Gasteiger partial charge is 0.0739 e. The second kappa shape index (κ2) is 13.6. The Morgan fingerprint density at radius 1 is 0.323 bits per heavy atom. The summed E-state index contributed by atoms with van der Waals surface area (Å²) in [6, 6.07) is 0. The first kappa shape index (κ1) is 41.1. The van der Waals surface area contributed by atoms with E-state index in [0.717, 1.165) is 0 Å². The minimum absolute atomic E-state index is 0.228. The molecule has 0 heterocycles. The third-order valence-electron chi connectivity index (χ3n) is 3.62. The van der Waals surface area contributed by atoms with Crippen molar-refractivity contribution < 1.29 is 0 Å². The van der Waals surface area contributed by atoms with Crippen LogP contribution in [-0.2, 0) is 0 Å². The molecule has 0 spiro atoms. The Bertz CT molecular complexity index is 605. The first-order valence-corrected chi connectivity index (χ1v) is 23.2. The zero-order valence-electron chi connectivity index (χ0n) is 13.0. The van der Waals surface area contributed by atoms with Gasteiger partial charge in [0.25, 0.3) is 0 Å². The summed E-state index contributed by atoms with van der Waals surface area (Å²) in [5, 5.41) is 0. The molecule has 0 fully saturated rings. The molecule has 0 aliphatic rings. The van der Waals surface area contributed by atoms with Gasteiger partial charge in [0.2, 0.25) is 0 Å². The van der Waals surface area contributed by atoms with Gasteiger partial charge in [0, 0.05) is 0 Å². The summed E-state index contributed by atoms with van der Waals surface area (Å²) in [4.78, 5) is 0. The average Bonchev–Trinajstić information content (AvgIpc) is 2.40. The number of halogens is 21. The molecular formula is C10HBr21. The summed E-state index contributed by atoms with van der Waals surface area (Å²) in [6.45, 7) is 0. The molecule has 21 heteroatoms. The van der Waals surface area contributed by atoms with Crippen LogP contribution in [0, 0.1) is 5.41 Å². The minimum Gasteiger partial charge on any atom is -0.0739 e. The number of hydrogen-bond donors (Lipinski definition) is 0. The SMILES string of the molecule is BrC(Br)C(Br)(Br)C(Br)(Br)C(Br)(Br)C(Br)(Br)C(Br)(Br)C(C(Br)(Br)Br)(C(Br)(Br)Br)C(Br)(Br)Br. The maximum atomic E-state index is 3.96. The predicted molar refractivity (Wildman–Crippen MR) is 216 cm³/mol. The normalized spacial score (nSPS) is 16.8. The van der Waals surface area contributed by atoms with Crippen molar-refractivity contribution in [2.75, 3.05) is 0 Å². The van der Waals surface area contributed by atoms with Crippen molar-refractivity contribution in [1.29, 1.82) is 0 Å². The van der Waals surface area contributed by atoms with E-state index in [4.69, 9.17) is 0 Å². The molecule has 0 aromatic rings. The second-order valence-corrected chi connectivity index (χ2v) is 46.1. The molecule has 0 nitrogen and oxygen atoms in total. The molecule has 0 aromatic heterocycles. The van der Waals surface area contributed by atoms with Crippen LogP contribution in [0.4, 0.5) is 0 Å². The zero-order chi connectivity index (χ0) is 26.1. The van der Waals surface area contributed by atoms with E-state index in [9.17, 15) is 0 Å². The standard InChI is InChI=1S/C10HBr21/c11-1(12)2(13,14)4(15,16)6(19,20)7(21,22)5(17,18)3(8(23,24)25,9(26,27)28)10(29,30)31/h1H. The lowest BCUT2D eigenvalue weighted by Crippen LogP contribution is -2.72. The van der Waals surface area contributed by atoms with E-state index in [1.165, 1.54) is 0 Å². The molecule has 0 aliphatic carbocycles. The second-order valence-electron chi connectivity index (χ2n) is 5.46. The molecule has 0 aromatic carbocycles. The van der Waals surface area contributed by atoms with Gasteiger partial charge in [-0.1, -0.05) is 335 Å². The van der Waals surface area contributed by atoms with Gasteiger partial charge < -0.3 is 0 Å². The van der Waals surface area contributed by atoms with Crippen molar-refractivity contribution in [3.8, 4) is 0 Å². The molecule has 0 unspecified atom stereocenters. The summed E-state index contributed by atoms with van der Waals surface area (Å²) in [7, 11) is 0. The Hall–Kier alpha value is 10.1. The van der Waals surface area contributed by atoms with Gasteiger partial charge in [-0.2, -0.15) is 0 Å². The fraction of sp³-hybridized carbons (Fsp3) is 1.00. The third-order valence-corrected chi connectivity index (χ3v) is 33.0. The summed E-state index contributed by atoms with van der Waals surface area (Å²) < 4.78 is -8.16. The van der Waals surface area contributed by atoms with Gasteiger partial charge in [0.05, 0.1) is 3.74 Å². The number of alkyl halides is 21. The van der Waals surface area contributed by atoms with Crippen molar-refractivity contribution in [2.45, 2.75) is 26.3 Å². The highest BCUT2D eigenvalue weighted by Gasteiger charge is 2.83. The molecule has 0 bridgehead atoms. The lowest BCUT2D eigenvalue weighted by atomic mass is 9.87. The monoisotopic (exact) mass is 1780 g/mol. The summed E-state index contributed by atoms with van der Waals surface area (Å²) in [6.07, 6.45) is 0. The molecule has 0 atom stereocenters. The van der Waals surface area contributed by atoms with Gasteiger partial charge in [0.15, 0.2) is 0 Å². The fourth-order valence-electron chi connectivity index (χ4n) is 1.99. The Labute approximate surface area is 357 Å². The highest BCUT2D eigenvalue weighted by Crippen LogP contribution is 2.84. The summed E-state index contributed by atoms with van der Waals surface area (Å²) in [5.41, 5.74) is -1.08. The average molecular weight is 1800 g/mol. The van der Waals surface area contributed by atoms with E-state index in [1.807, 2.05) is 0 Å².